The number of esters is 1. The zero-order valence-electron chi connectivity index (χ0n) is 12.9. The lowest BCUT2D eigenvalue weighted by molar-refractivity contribution is -0.137. The first kappa shape index (κ1) is 17.3. The van der Waals surface area contributed by atoms with Gasteiger partial charge in [0.2, 0.25) is 0 Å². The van der Waals surface area contributed by atoms with Gasteiger partial charge in [0.05, 0.1) is 0 Å². The Morgan fingerprint density at radius 2 is 1.75 bits per heavy atom. The van der Waals surface area contributed by atoms with Crippen molar-refractivity contribution >= 4 is 11.9 Å². The van der Waals surface area contributed by atoms with Gasteiger partial charge in [-0.3, -0.25) is 9.59 Å². The predicted octanol–water partition coefficient (Wildman–Crippen LogP) is 2.65. The second-order valence-electron chi connectivity index (χ2n) is 5.33. The number of ether oxygens (including phenoxy) is 1. The van der Waals surface area contributed by atoms with Gasteiger partial charge in [-0.2, -0.15) is 0 Å². The molecule has 3 N–H and O–H groups in total. The van der Waals surface area contributed by atoms with Crippen LogP contribution in [0.4, 0.5) is 0 Å². The van der Waals surface area contributed by atoms with E-state index >= 15 is 0 Å². The van der Waals surface area contributed by atoms with Gasteiger partial charge in [-0.1, -0.05) is 18.2 Å². The summed E-state index contributed by atoms with van der Waals surface area (Å²) in [6.07, 6.45) is 0.671. The molecule has 0 aliphatic carbocycles. The molecule has 0 amide bonds. The number of rotatable bonds is 7. The standard InChI is InChI=1S/C18H18O6/c19-14-3-1-2-12(10-14)4-9-18(23)24-15-7-5-13(16(20)11-15)6-8-17(21)22/h1-3,5,7,10-11,19-20H,4,6,8-9H2,(H,21,22). The smallest absolute Gasteiger partial charge is 0.311 e. The van der Waals surface area contributed by atoms with Gasteiger partial charge >= 0.3 is 11.9 Å². The molecule has 0 aliphatic heterocycles. The van der Waals surface area contributed by atoms with Crippen LogP contribution in [0.5, 0.6) is 17.2 Å². The Bertz CT molecular complexity index is 738. The first-order valence-corrected chi connectivity index (χ1v) is 7.46. The van der Waals surface area contributed by atoms with Gasteiger partial charge < -0.3 is 20.1 Å². The molecule has 2 aromatic rings. The molecule has 0 atom stereocenters. The number of hydrogen-bond acceptors (Lipinski definition) is 5. The number of benzene rings is 2. The first-order chi connectivity index (χ1) is 11.4. The first-order valence-electron chi connectivity index (χ1n) is 7.46. The molecule has 6 heteroatoms. The molecule has 0 radical (unpaired) electrons. The number of carbonyl (C=O) groups excluding carboxylic acids is 1. The molecule has 0 saturated heterocycles. The second-order valence-corrected chi connectivity index (χ2v) is 5.33. The zero-order valence-corrected chi connectivity index (χ0v) is 12.9. The van der Waals surface area contributed by atoms with Crippen LogP contribution in [0.15, 0.2) is 42.5 Å². The SMILES string of the molecule is O=C(O)CCc1ccc(OC(=O)CCc2cccc(O)c2)cc1O. The Balaban J connectivity index is 1.89. The lowest BCUT2D eigenvalue weighted by atomic mass is 10.1. The Morgan fingerprint density at radius 1 is 0.958 bits per heavy atom. The van der Waals surface area contributed by atoms with Crippen molar-refractivity contribution in [1.82, 2.24) is 0 Å². The van der Waals surface area contributed by atoms with E-state index in [0.717, 1.165) is 5.56 Å². The molecule has 0 spiro atoms. The predicted molar refractivity (Wildman–Crippen MR) is 86.1 cm³/mol. The maximum atomic E-state index is 11.8. The molecule has 0 aromatic heterocycles. The summed E-state index contributed by atoms with van der Waals surface area (Å²) in [7, 11) is 0. The Morgan fingerprint density at radius 3 is 2.42 bits per heavy atom. The van der Waals surface area contributed by atoms with E-state index in [-0.39, 0.29) is 36.5 Å². The van der Waals surface area contributed by atoms with E-state index in [1.165, 1.54) is 18.2 Å². The molecule has 0 heterocycles. The van der Waals surface area contributed by atoms with E-state index in [1.807, 2.05) is 0 Å². The number of aromatic hydroxyl groups is 2. The van der Waals surface area contributed by atoms with Gasteiger partial charge in [0.1, 0.15) is 17.2 Å². The molecule has 6 nitrogen and oxygen atoms in total. The fourth-order valence-electron chi connectivity index (χ4n) is 2.20. The molecule has 0 fully saturated rings. The zero-order chi connectivity index (χ0) is 17.5. The number of phenolic OH excluding ortho intramolecular Hbond substituents is 2. The van der Waals surface area contributed by atoms with Gasteiger partial charge in [0.25, 0.3) is 0 Å². The van der Waals surface area contributed by atoms with Gasteiger partial charge in [-0.05, 0) is 42.2 Å². The van der Waals surface area contributed by atoms with Crippen molar-refractivity contribution in [2.45, 2.75) is 25.7 Å². The molecule has 0 unspecified atom stereocenters. The largest absolute Gasteiger partial charge is 0.508 e. The average Bonchev–Trinajstić information content (AvgIpc) is 2.52. The molecule has 2 aromatic carbocycles. The molecule has 0 aliphatic rings. The monoisotopic (exact) mass is 330 g/mol. The van der Waals surface area contributed by atoms with E-state index < -0.39 is 11.9 Å². The third kappa shape index (κ3) is 5.31. The van der Waals surface area contributed by atoms with Gasteiger partial charge in [-0.15, -0.1) is 0 Å². The van der Waals surface area contributed by atoms with E-state index in [0.29, 0.717) is 12.0 Å². The lowest BCUT2D eigenvalue weighted by Gasteiger charge is -2.08. The van der Waals surface area contributed by atoms with Crippen molar-refractivity contribution in [1.29, 1.82) is 0 Å². The summed E-state index contributed by atoms with van der Waals surface area (Å²) >= 11 is 0. The summed E-state index contributed by atoms with van der Waals surface area (Å²) in [6.45, 7) is 0. The van der Waals surface area contributed by atoms with Crippen LogP contribution in [0.2, 0.25) is 0 Å². The number of aliphatic carboxylic acids is 1. The van der Waals surface area contributed by atoms with Crippen LogP contribution in [0.1, 0.15) is 24.0 Å². The van der Waals surface area contributed by atoms with Crippen LogP contribution in [0.3, 0.4) is 0 Å². The van der Waals surface area contributed by atoms with E-state index in [2.05, 4.69) is 0 Å². The van der Waals surface area contributed by atoms with Crippen molar-refractivity contribution in [3.8, 4) is 17.2 Å². The van der Waals surface area contributed by atoms with Crippen LogP contribution in [-0.2, 0) is 22.4 Å². The number of aryl methyl sites for hydroxylation is 2. The minimum atomic E-state index is -0.947. The van der Waals surface area contributed by atoms with Crippen LogP contribution >= 0.6 is 0 Å². The summed E-state index contributed by atoms with van der Waals surface area (Å²) < 4.78 is 5.15. The number of hydrogen-bond donors (Lipinski definition) is 3. The van der Waals surface area contributed by atoms with Gasteiger partial charge in [0, 0.05) is 18.9 Å². The highest BCUT2D eigenvalue weighted by Gasteiger charge is 2.10. The maximum Gasteiger partial charge on any atom is 0.311 e. The molecule has 0 bridgehead atoms. The topological polar surface area (TPSA) is 104 Å². The summed E-state index contributed by atoms with van der Waals surface area (Å²) in [5.74, 6) is -1.17. The summed E-state index contributed by atoms with van der Waals surface area (Å²) in [6, 6.07) is 11.0. The molecule has 24 heavy (non-hydrogen) atoms. The highest BCUT2D eigenvalue weighted by molar-refractivity contribution is 5.73. The van der Waals surface area contributed by atoms with Gasteiger partial charge in [0.15, 0.2) is 0 Å². The maximum absolute atomic E-state index is 11.8. The molecular weight excluding hydrogens is 312 g/mol. The Hall–Kier alpha value is -3.02. The van der Waals surface area contributed by atoms with Crippen molar-refractivity contribution in [2.75, 3.05) is 0 Å². The molecule has 0 saturated carbocycles. The molecular formula is C18H18O6. The summed E-state index contributed by atoms with van der Waals surface area (Å²) in [4.78, 5) is 22.4. The number of phenols is 2. The minimum Gasteiger partial charge on any atom is -0.508 e. The molecule has 126 valence electrons. The highest BCUT2D eigenvalue weighted by atomic mass is 16.5. The molecule has 2 rings (SSSR count). The fourth-order valence-corrected chi connectivity index (χ4v) is 2.20. The fraction of sp³-hybridized carbons (Fsp3) is 0.222. The van der Waals surface area contributed by atoms with Crippen molar-refractivity contribution in [3.05, 3.63) is 53.6 Å². The van der Waals surface area contributed by atoms with E-state index in [1.54, 1.807) is 24.3 Å². The summed E-state index contributed by atoms with van der Waals surface area (Å²) in [5, 5.41) is 27.9. The highest BCUT2D eigenvalue weighted by Crippen LogP contribution is 2.25. The number of carboxylic acid groups (broad SMARTS) is 1. The minimum absolute atomic E-state index is 0.0867. The second kappa shape index (κ2) is 8.01. The van der Waals surface area contributed by atoms with E-state index in [4.69, 9.17) is 9.84 Å². The van der Waals surface area contributed by atoms with Crippen LogP contribution < -0.4 is 4.74 Å². The summed E-state index contributed by atoms with van der Waals surface area (Å²) in [5.41, 5.74) is 1.30. The Kier molecular flexibility index (Phi) is 5.78. The van der Waals surface area contributed by atoms with Crippen LogP contribution in [0.25, 0.3) is 0 Å². The van der Waals surface area contributed by atoms with Crippen molar-refractivity contribution in [2.24, 2.45) is 0 Å². The normalized spacial score (nSPS) is 10.3. The van der Waals surface area contributed by atoms with E-state index in [9.17, 15) is 19.8 Å². The van der Waals surface area contributed by atoms with Gasteiger partial charge in [-0.25, -0.2) is 0 Å². The quantitative estimate of drug-likeness (QED) is 0.532. The number of carbonyl (C=O) groups is 2. The van der Waals surface area contributed by atoms with Crippen molar-refractivity contribution < 1.29 is 29.6 Å². The Labute approximate surface area is 138 Å². The lowest BCUT2D eigenvalue weighted by Crippen LogP contribution is -2.09. The third-order valence-corrected chi connectivity index (χ3v) is 3.43. The number of carboxylic acids is 1. The third-order valence-electron chi connectivity index (χ3n) is 3.43. The van der Waals surface area contributed by atoms with Crippen LogP contribution in [0, 0.1) is 0 Å². The average molecular weight is 330 g/mol. The van der Waals surface area contributed by atoms with Crippen molar-refractivity contribution in [3.63, 3.8) is 0 Å². The van der Waals surface area contributed by atoms with Crippen LogP contribution in [-0.4, -0.2) is 27.3 Å².